The van der Waals surface area contributed by atoms with E-state index in [4.69, 9.17) is 0 Å². The van der Waals surface area contributed by atoms with E-state index < -0.39 is 0 Å². The SMILES string of the molecule is [Se]=[C-]N(Cc1ccccc1)Cc1ccccc1. The van der Waals surface area contributed by atoms with Gasteiger partial charge in [0.1, 0.15) is 0 Å². The third-order valence-corrected chi connectivity index (χ3v) is 3.10. The van der Waals surface area contributed by atoms with Gasteiger partial charge in [0.15, 0.2) is 0 Å². The van der Waals surface area contributed by atoms with Gasteiger partial charge in [0.05, 0.1) is 0 Å². The summed E-state index contributed by atoms with van der Waals surface area (Å²) >= 11 is 2.86. The molecular formula is C15H14NSe-. The van der Waals surface area contributed by atoms with Gasteiger partial charge in [-0.05, 0) is 0 Å². The van der Waals surface area contributed by atoms with Crippen LogP contribution in [-0.4, -0.2) is 25.5 Å². The molecule has 0 amide bonds. The van der Waals surface area contributed by atoms with E-state index in [0.29, 0.717) is 0 Å². The molecule has 0 aromatic heterocycles. The van der Waals surface area contributed by atoms with E-state index in [1.165, 1.54) is 11.1 Å². The van der Waals surface area contributed by atoms with E-state index >= 15 is 0 Å². The van der Waals surface area contributed by atoms with Crippen molar-refractivity contribution in [2.75, 3.05) is 0 Å². The van der Waals surface area contributed by atoms with Crippen LogP contribution in [0.3, 0.4) is 0 Å². The monoisotopic (exact) mass is 288 g/mol. The van der Waals surface area contributed by atoms with Crippen LogP contribution < -0.4 is 0 Å². The van der Waals surface area contributed by atoms with Crippen LogP contribution in [-0.2, 0) is 13.1 Å². The summed E-state index contributed by atoms with van der Waals surface area (Å²) in [4.78, 5) is 2.14. The molecule has 2 aromatic rings. The van der Waals surface area contributed by atoms with Crippen molar-refractivity contribution in [3.05, 3.63) is 71.8 Å². The third-order valence-electron chi connectivity index (χ3n) is 2.56. The molecule has 2 aromatic carbocycles. The average Bonchev–Trinajstić information content (AvgIpc) is 2.40. The molecule has 1 nitrogen and oxygen atoms in total. The summed E-state index contributed by atoms with van der Waals surface area (Å²) in [6.07, 6.45) is 0. The summed E-state index contributed by atoms with van der Waals surface area (Å²) < 4.78 is 0. The molecule has 0 atom stereocenters. The quantitative estimate of drug-likeness (QED) is 0.464. The molecule has 0 unspecified atom stereocenters. The van der Waals surface area contributed by atoms with Crippen LogP contribution in [0.25, 0.3) is 0 Å². The molecular weight excluding hydrogens is 273 g/mol. The number of rotatable bonds is 5. The van der Waals surface area contributed by atoms with Gasteiger partial charge in [-0.25, -0.2) is 0 Å². The first kappa shape index (κ1) is 12.1. The summed E-state index contributed by atoms with van der Waals surface area (Å²) in [5.41, 5.74) is 2.59. The van der Waals surface area contributed by atoms with Gasteiger partial charge in [-0.1, -0.05) is 0 Å². The molecule has 0 fully saturated rings. The second kappa shape index (κ2) is 6.39. The van der Waals surface area contributed by atoms with E-state index in [1.807, 2.05) is 12.1 Å². The maximum absolute atomic E-state index is 3.11. The van der Waals surface area contributed by atoms with Gasteiger partial charge in [0.25, 0.3) is 0 Å². The molecule has 0 saturated carbocycles. The van der Waals surface area contributed by atoms with Crippen LogP contribution in [0, 0.1) is 0 Å². The predicted molar refractivity (Wildman–Crippen MR) is 72.9 cm³/mol. The number of benzene rings is 2. The van der Waals surface area contributed by atoms with E-state index in [0.717, 1.165) is 13.1 Å². The first-order valence-electron chi connectivity index (χ1n) is 5.59. The van der Waals surface area contributed by atoms with Crippen molar-refractivity contribution >= 4 is 20.6 Å². The van der Waals surface area contributed by atoms with Crippen molar-refractivity contribution in [2.24, 2.45) is 0 Å². The molecule has 0 aliphatic heterocycles. The van der Waals surface area contributed by atoms with Crippen LogP contribution in [0.15, 0.2) is 60.7 Å². The normalized spacial score (nSPS) is 9.88. The van der Waals surface area contributed by atoms with Crippen molar-refractivity contribution in [2.45, 2.75) is 13.1 Å². The predicted octanol–water partition coefficient (Wildman–Crippen LogP) is 2.49. The van der Waals surface area contributed by atoms with E-state index in [2.05, 4.69) is 74.1 Å². The second-order valence-electron chi connectivity index (χ2n) is 3.92. The van der Waals surface area contributed by atoms with Crippen LogP contribution in [0.1, 0.15) is 11.1 Å². The van der Waals surface area contributed by atoms with Crippen LogP contribution >= 0.6 is 0 Å². The third kappa shape index (κ3) is 3.85. The fourth-order valence-electron chi connectivity index (χ4n) is 1.73. The average molecular weight is 287 g/mol. The molecule has 0 aliphatic carbocycles. The summed E-state index contributed by atoms with van der Waals surface area (Å²) in [6, 6.07) is 20.9. The van der Waals surface area contributed by atoms with Crippen molar-refractivity contribution in [1.82, 2.24) is 4.90 Å². The molecule has 0 aliphatic rings. The summed E-state index contributed by atoms with van der Waals surface area (Å²) in [5.74, 6) is 0. The Bertz CT molecular complexity index is 411. The number of hydrogen-bond donors (Lipinski definition) is 0. The summed E-state index contributed by atoms with van der Waals surface area (Å²) in [5, 5.41) is 3.11. The number of hydrogen-bond acceptors (Lipinski definition) is 1. The maximum atomic E-state index is 3.11. The molecule has 0 radical (unpaired) electrons. The standard InChI is InChI=1S/C15H14NSe/c17-13-16(11-14-7-3-1-4-8-14)12-15-9-5-2-6-10-15/h1-10H,11-12H2/q-1. The van der Waals surface area contributed by atoms with Gasteiger partial charge < -0.3 is 0 Å². The fraction of sp³-hybridized carbons (Fsp3) is 0.133. The zero-order valence-corrected chi connectivity index (χ0v) is 11.3. The Labute approximate surface area is 110 Å². The van der Waals surface area contributed by atoms with Crippen molar-refractivity contribution in [3.8, 4) is 0 Å². The van der Waals surface area contributed by atoms with Crippen LogP contribution in [0.5, 0.6) is 0 Å². The summed E-state index contributed by atoms with van der Waals surface area (Å²) in [6.45, 7) is 1.76. The molecule has 0 N–H and O–H groups in total. The van der Waals surface area contributed by atoms with E-state index in [-0.39, 0.29) is 0 Å². The van der Waals surface area contributed by atoms with Gasteiger partial charge in [-0.3, -0.25) is 0 Å². The Hall–Kier alpha value is -1.37. The van der Waals surface area contributed by atoms with Gasteiger partial charge in [0, 0.05) is 0 Å². The topological polar surface area (TPSA) is 3.24 Å². The Morgan fingerprint density at radius 2 is 1.18 bits per heavy atom. The molecule has 2 heteroatoms. The molecule has 2 rings (SSSR count). The molecule has 0 saturated heterocycles. The zero-order valence-electron chi connectivity index (χ0n) is 9.54. The Balaban J connectivity index is 2.01. The first-order chi connectivity index (χ1) is 8.38. The van der Waals surface area contributed by atoms with Gasteiger partial charge in [-0.15, -0.1) is 0 Å². The Morgan fingerprint density at radius 3 is 1.53 bits per heavy atom. The minimum absolute atomic E-state index is 0.878. The number of nitrogens with zero attached hydrogens (tertiary/aromatic N) is 1. The molecule has 0 spiro atoms. The first-order valence-corrected chi connectivity index (χ1v) is 6.45. The molecule has 17 heavy (non-hydrogen) atoms. The van der Waals surface area contributed by atoms with Gasteiger partial charge >= 0.3 is 110 Å². The van der Waals surface area contributed by atoms with Gasteiger partial charge in [-0.2, -0.15) is 0 Å². The van der Waals surface area contributed by atoms with Crippen molar-refractivity contribution in [3.63, 3.8) is 0 Å². The second-order valence-corrected chi connectivity index (χ2v) is 4.30. The minimum atomic E-state index is 0.878. The van der Waals surface area contributed by atoms with Crippen LogP contribution in [0.4, 0.5) is 0 Å². The Kier molecular flexibility index (Phi) is 4.54. The van der Waals surface area contributed by atoms with E-state index in [9.17, 15) is 0 Å². The van der Waals surface area contributed by atoms with E-state index in [1.54, 1.807) is 0 Å². The van der Waals surface area contributed by atoms with Crippen LogP contribution in [0.2, 0.25) is 0 Å². The van der Waals surface area contributed by atoms with Gasteiger partial charge in [0.2, 0.25) is 0 Å². The molecule has 0 heterocycles. The Morgan fingerprint density at radius 1 is 0.765 bits per heavy atom. The molecule has 86 valence electrons. The fourth-order valence-corrected chi connectivity index (χ4v) is 2.00. The van der Waals surface area contributed by atoms with Crippen molar-refractivity contribution in [1.29, 1.82) is 0 Å². The summed E-state index contributed by atoms with van der Waals surface area (Å²) in [7, 11) is 0. The van der Waals surface area contributed by atoms with Crippen molar-refractivity contribution < 1.29 is 0 Å². The molecule has 0 bridgehead atoms. The zero-order chi connectivity index (χ0) is 11.9.